The monoisotopic (exact) mass is 544 g/mol. The molecule has 1 amide bonds. The summed E-state index contributed by atoms with van der Waals surface area (Å²) in [6.07, 6.45) is 0. The maximum atomic E-state index is 13.8. The predicted octanol–water partition coefficient (Wildman–Crippen LogP) is 4.72. The van der Waals surface area contributed by atoms with Crippen molar-refractivity contribution in [2.24, 2.45) is 5.73 Å². The zero-order valence-corrected chi connectivity index (χ0v) is 22.5. The van der Waals surface area contributed by atoms with Crippen molar-refractivity contribution in [2.45, 2.75) is 43.9 Å². The van der Waals surface area contributed by atoms with Crippen LogP contribution in [0.2, 0.25) is 5.02 Å². The van der Waals surface area contributed by atoms with Crippen molar-refractivity contribution >= 4 is 33.5 Å². The van der Waals surface area contributed by atoms with Crippen LogP contribution in [0, 0.1) is 0 Å². The number of nitrogens with zero attached hydrogens (tertiary/aromatic N) is 1. The fourth-order valence-corrected chi connectivity index (χ4v) is 5.28. The number of ether oxygens (including phenoxy) is 2. The Bertz CT molecular complexity index is 1350. The molecule has 0 aliphatic carbocycles. The Morgan fingerprint density at radius 2 is 1.51 bits per heavy atom. The molecule has 0 saturated carbocycles. The van der Waals surface area contributed by atoms with Crippen molar-refractivity contribution in [1.29, 1.82) is 0 Å². The summed E-state index contributed by atoms with van der Waals surface area (Å²) in [4.78, 5) is 25.0. The minimum Gasteiger partial charge on any atom is -0.497 e. The van der Waals surface area contributed by atoms with Crippen molar-refractivity contribution in [3.63, 3.8) is 0 Å². The summed E-state index contributed by atoms with van der Waals surface area (Å²) < 4.78 is 39.2. The van der Waals surface area contributed by atoms with E-state index in [2.05, 4.69) is 0 Å². The van der Waals surface area contributed by atoms with E-state index >= 15 is 0 Å². The highest BCUT2D eigenvalue weighted by molar-refractivity contribution is 7.89. The van der Waals surface area contributed by atoms with Crippen LogP contribution in [0.3, 0.4) is 0 Å². The molecule has 0 heterocycles. The lowest BCUT2D eigenvalue weighted by Crippen LogP contribution is -2.41. The van der Waals surface area contributed by atoms with E-state index in [1.54, 1.807) is 69.3 Å². The number of esters is 1. The Kier molecular flexibility index (Phi) is 8.63. The number of halogens is 1. The molecule has 0 aliphatic rings. The summed E-state index contributed by atoms with van der Waals surface area (Å²) in [5.74, 6) is -0.817. The Morgan fingerprint density at radius 1 is 0.946 bits per heavy atom. The minimum absolute atomic E-state index is 0.0537. The van der Waals surface area contributed by atoms with E-state index in [4.69, 9.17) is 26.8 Å². The van der Waals surface area contributed by atoms with E-state index in [1.807, 2.05) is 0 Å². The molecule has 2 N–H and O–H groups in total. The largest absolute Gasteiger partial charge is 0.497 e. The number of primary amides is 1. The average molecular weight is 545 g/mol. The highest BCUT2D eigenvalue weighted by Gasteiger charge is 2.36. The molecule has 0 aliphatic heterocycles. The van der Waals surface area contributed by atoms with E-state index in [0.29, 0.717) is 27.5 Å². The first kappa shape index (κ1) is 28.2. The Hall–Kier alpha value is -3.40. The first-order valence-electron chi connectivity index (χ1n) is 11.3. The Labute approximate surface area is 222 Å². The van der Waals surface area contributed by atoms with Crippen molar-refractivity contribution in [2.75, 3.05) is 7.11 Å². The average Bonchev–Trinajstić information content (AvgIpc) is 2.83. The normalized spacial score (nSPS) is 12.7. The maximum absolute atomic E-state index is 13.8. The molecule has 0 saturated heterocycles. The van der Waals surface area contributed by atoms with Gasteiger partial charge < -0.3 is 15.2 Å². The van der Waals surface area contributed by atoms with Gasteiger partial charge in [-0.25, -0.2) is 13.2 Å². The number of carbonyl (C=O) groups excluding carboxylic acids is 2. The van der Waals surface area contributed by atoms with Crippen LogP contribution in [0.25, 0.3) is 0 Å². The summed E-state index contributed by atoms with van der Waals surface area (Å²) in [5.41, 5.74) is 6.31. The van der Waals surface area contributed by atoms with Crippen molar-refractivity contribution < 1.29 is 27.5 Å². The van der Waals surface area contributed by atoms with Gasteiger partial charge in [0.05, 0.1) is 17.6 Å². The number of sulfonamides is 1. The van der Waals surface area contributed by atoms with Crippen LogP contribution in [0.1, 0.15) is 48.3 Å². The van der Waals surface area contributed by atoms with Gasteiger partial charge in [0.1, 0.15) is 17.4 Å². The van der Waals surface area contributed by atoms with Crippen LogP contribution in [-0.2, 0) is 26.1 Å². The smallest absolute Gasteiger partial charge is 0.338 e. The number of hydrogen-bond donors (Lipinski definition) is 1. The van der Waals surface area contributed by atoms with Crippen LogP contribution in [0.15, 0.2) is 77.7 Å². The molecule has 0 bridgehead atoms. The molecule has 1 unspecified atom stereocenters. The van der Waals surface area contributed by atoms with Gasteiger partial charge in [0.15, 0.2) is 0 Å². The number of methoxy groups -OCH3 is 1. The molecule has 0 radical (unpaired) electrons. The highest BCUT2D eigenvalue weighted by Crippen LogP contribution is 2.31. The second kappa shape index (κ2) is 11.3. The minimum atomic E-state index is -4.22. The van der Waals surface area contributed by atoms with Gasteiger partial charge in [0.2, 0.25) is 15.9 Å². The van der Waals surface area contributed by atoms with Gasteiger partial charge in [-0.2, -0.15) is 4.31 Å². The van der Waals surface area contributed by atoms with Crippen LogP contribution in [0.4, 0.5) is 0 Å². The van der Waals surface area contributed by atoms with Gasteiger partial charge in [-0.05, 0) is 80.4 Å². The van der Waals surface area contributed by atoms with Gasteiger partial charge in [-0.1, -0.05) is 35.9 Å². The van der Waals surface area contributed by atoms with E-state index in [1.165, 1.54) is 31.4 Å². The fraction of sp³-hybridized carbons (Fsp3) is 0.259. The third-order valence-electron chi connectivity index (χ3n) is 5.34. The molecule has 10 heteroatoms. The fourth-order valence-electron chi connectivity index (χ4n) is 3.58. The lowest BCUT2D eigenvalue weighted by molar-refractivity contribution is -0.122. The first-order chi connectivity index (χ1) is 17.3. The zero-order chi connectivity index (χ0) is 27.4. The second-order valence-corrected chi connectivity index (χ2v) is 11.6. The third-order valence-corrected chi connectivity index (χ3v) is 7.41. The molecule has 37 heavy (non-hydrogen) atoms. The lowest BCUT2D eigenvalue weighted by atomic mass is 10.1. The van der Waals surface area contributed by atoms with Crippen LogP contribution in [-0.4, -0.2) is 37.3 Å². The molecule has 0 spiro atoms. The molecular weight excluding hydrogens is 516 g/mol. The summed E-state index contributed by atoms with van der Waals surface area (Å²) in [6, 6.07) is 17.0. The number of hydrogen-bond acceptors (Lipinski definition) is 6. The third kappa shape index (κ3) is 7.09. The van der Waals surface area contributed by atoms with Crippen molar-refractivity contribution in [3.8, 4) is 5.75 Å². The standard InChI is InChI=1S/C27H29ClN2O6S/c1-27(2,3)36-26(32)20-7-5-18(6-8-20)17-30(37(33,34)23-15-11-21(28)12-16-23)24(25(29)31)19-9-13-22(35-4)14-10-19/h5-16,24H,17H2,1-4H3,(H2,29,31). The van der Waals surface area contributed by atoms with Crippen molar-refractivity contribution in [1.82, 2.24) is 4.31 Å². The van der Waals surface area contributed by atoms with Gasteiger partial charge in [-0.3, -0.25) is 4.79 Å². The Balaban J connectivity index is 2.05. The highest BCUT2D eigenvalue weighted by atomic mass is 35.5. The summed E-state index contributed by atoms with van der Waals surface area (Å²) in [6.45, 7) is 5.10. The molecule has 3 aromatic carbocycles. The Morgan fingerprint density at radius 3 is 2.00 bits per heavy atom. The van der Waals surface area contributed by atoms with Crippen LogP contribution in [0.5, 0.6) is 5.75 Å². The number of carbonyl (C=O) groups is 2. The van der Waals surface area contributed by atoms with E-state index < -0.39 is 33.5 Å². The van der Waals surface area contributed by atoms with Gasteiger partial charge in [0.25, 0.3) is 0 Å². The lowest BCUT2D eigenvalue weighted by Gasteiger charge is -2.29. The summed E-state index contributed by atoms with van der Waals surface area (Å²) in [7, 11) is -2.72. The molecule has 196 valence electrons. The number of nitrogens with two attached hydrogens (primary N) is 1. The molecule has 8 nitrogen and oxygen atoms in total. The van der Waals surface area contributed by atoms with E-state index in [0.717, 1.165) is 4.31 Å². The maximum Gasteiger partial charge on any atom is 0.338 e. The number of amides is 1. The van der Waals surface area contributed by atoms with E-state index in [-0.39, 0.29) is 11.4 Å². The predicted molar refractivity (Wildman–Crippen MR) is 141 cm³/mol. The quantitative estimate of drug-likeness (QED) is 0.390. The van der Waals surface area contributed by atoms with Crippen molar-refractivity contribution in [3.05, 3.63) is 94.5 Å². The topological polar surface area (TPSA) is 116 Å². The molecule has 3 aromatic rings. The van der Waals surface area contributed by atoms with Gasteiger partial charge in [-0.15, -0.1) is 0 Å². The molecule has 0 aromatic heterocycles. The SMILES string of the molecule is COc1ccc(C(C(N)=O)N(Cc2ccc(C(=O)OC(C)(C)C)cc2)S(=O)(=O)c2ccc(Cl)cc2)cc1. The molecule has 0 fully saturated rings. The van der Waals surface area contributed by atoms with Gasteiger partial charge >= 0.3 is 5.97 Å². The first-order valence-corrected chi connectivity index (χ1v) is 13.2. The summed E-state index contributed by atoms with van der Waals surface area (Å²) >= 11 is 5.96. The summed E-state index contributed by atoms with van der Waals surface area (Å²) in [5, 5.41) is 0.366. The molecular formula is C27H29ClN2O6S. The molecule has 3 rings (SSSR count). The van der Waals surface area contributed by atoms with E-state index in [9.17, 15) is 18.0 Å². The van der Waals surface area contributed by atoms with Gasteiger partial charge in [0, 0.05) is 11.6 Å². The molecule has 1 atom stereocenters. The zero-order valence-electron chi connectivity index (χ0n) is 21.0. The van der Waals surface area contributed by atoms with Crippen LogP contribution < -0.4 is 10.5 Å². The second-order valence-electron chi connectivity index (χ2n) is 9.28. The number of rotatable bonds is 9. The van der Waals surface area contributed by atoms with Crippen LogP contribution >= 0.6 is 11.6 Å². The number of benzene rings is 3.